The smallest absolute Gasteiger partial charge is 0.240 e. The Morgan fingerprint density at radius 3 is 2.39 bits per heavy atom. The number of hydrogen-bond donors (Lipinski definition) is 3. The molecule has 0 aromatic heterocycles. The Labute approximate surface area is 170 Å². The molecule has 2 rings (SSSR count). The minimum absolute atomic E-state index is 0.0161. The van der Waals surface area contributed by atoms with Gasteiger partial charge in [-0.2, -0.15) is 5.10 Å². The van der Waals surface area contributed by atoms with Crippen molar-refractivity contribution in [3.8, 4) is 17.2 Å². The Bertz CT molecular complexity index is 845. The van der Waals surface area contributed by atoms with Gasteiger partial charge < -0.3 is 19.9 Å². The van der Waals surface area contributed by atoms with Gasteiger partial charge in [0, 0.05) is 18.5 Å². The van der Waals surface area contributed by atoms with E-state index in [0.717, 1.165) is 0 Å². The molecular weight excluding hydrogens is 430 g/mol. The first-order valence-corrected chi connectivity index (χ1v) is 9.04. The van der Waals surface area contributed by atoms with Gasteiger partial charge in [-0.1, -0.05) is 0 Å². The van der Waals surface area contributed by atoms with Gasteiger partial charge >= 0.3 is 0 Å². The third kappa shape index (κ3) is 6.27. The van der Waals surface area contributed by atoms with Crippen LogP contribution in [0.2, 0.25) is 0 Å². The maximum absolute atomic E-state index is 11.9. The molecule has 2 aromatic rings. The number of phenolic OH excluding ortho intramolecular Hbond substituents is 1. The van der Waals surface area contributed by atoms with Crippen molar-refractivity contribution >= 4 is 39.6 Å². The summed E-state index contributed by atoms with van der Waals surface area (Å²) in [5.41, 5.74) is 3.52. The van der Waals surface area contributed by atoms with Crippen molar-refractivity contribution in [2.24, 2.45) is 5.10 Å². The number of amides is 2. The Morgan fingerprint density at radius 1 is 1.11 bits per heavy atom. The third-order valence-corrected chi connectivity index (χ3v) is 4.20. The van der Waals surface area contributed by atoms with Gasteiger partial charge in [0.1, 0.15) is 5.75 Å². The molecule has 2 aromatic carbocycles. The quantitative estimate of drug-likeness (QED) is 0.423. The zero-order valence-electron chi connectivity index (χ0n) is 15.4. The summed E-state index contributed by atoms with van der Waals surface area (Å²) in [5, 5.41) is 16.3. The highest BCUT2D eigenvalue weighted by atomic mass is 79.9. The van der Waals surface area contributed by atoms with Gasteiger partial charge in [0.25, 0.3) is 0 Å². The van der Waals surface area contributed by atoms with E-state index in [4.69, 9.17) is 9.47 Å². The van der Waals surface area contributed by atoms with Crippen LogP contribution in [0.1, 0.15) is 18.4 Å². The highest BCUT2D eigenvalue weighted by Gasteiger charge is 2.09. The normalized spacial score (nSPS) is 10.5. The summed E-state index contributed by atoms with van der Waals surface area (Å²) >= 11 is 3.27. The van der Waals surface area contributed by atoms with Crippen LogP contribution in [0.25, 0.3) is 0 Å². The molecule has 9 heteroatoms. The topological polar surface area (TPSA) is 109 Å². The lowest BCUT2D eigenvalue weighted by molar-refractivity contribution is -0.124. The lowest BCUT2D eigenvalue weighted by Crippen LogP contribution is -2.20. The van der Waals surface area contributed by atoms with Crippen LogP contribution in [0, 0.1) is 0 Å². The van der Waals surface area contributed by atoms with Gasteiger partial charge in [-0.05, 0) is 57.9 Å². The lowest BCUT2D eigenvalue weighted by Gasteiger charge is -2.07. The van der Waals surface area contributed by atoms with E-state index in [0.29, 0.717) is 27.2 Å². The van der Waals surface area contributed by atoms with E-state index in [1.165, 1.54) is 19.4 Å². The van der Waals surface area contributed by atoms with Crippen LogP contribution in [0.15, 0.2) is 46.0 Å². The van der Waals surface area contributed by atoms with Gasteiger partial charge in [0.05, 0.1) is 24.9 Å². The molecule has 0 aliphatic heterocycles. The monoisotopic (exact) mass is 449 g/mol. The predicted octanol–water partition coefficient (Wildman–Crippen LogP) is 3.04. The number of phenols is 1. The van der Waals surface area contributed by atoms with Crippen LogP contribution in [0.4, 0.5) is 5.69 Å². The average Bonchev–Trinajstić information content (AvgIpc) is 2.67. The number of methoxy groups -OCH3 is 2. The second-order valence-electron chi connectivity index (χ2n) is 5.62. The molecule has 148 valence electrons. The van der Waals surface area contributed by atoms with E-state index in [-0.39, 0.29) is 24.5 Å². The van der Waals surface area contributed by atoms with Crippen LogP contribution in [-0.4, -0.2) is 37.4 Å². The van der Waals surface area contributed by atoms with Crippen molar-refractivity contribution in [3.05, 3.63) is 46.4 Å². The number of hydrogen-bond acceptors (Lipinski definition) is 6. The summed E-state index contributed by atoms with van der Waals surface area (Å²) in [4.78, 5) is 23.7. The minimum Gasteiger partial charge on any atom is -0.504 e. The standard InChI is InChI=1S/C19H20BrN3O5/c1-27-14-5-3-13(4-6-14)22-17(25)7-8-18(26)23-21-11-12-9-15(20)19(28-2)16(24)10-12/h3-6,9-11,24H,7-8H2,1-2H3,(H,22,25)(H,23,26)/b21-11+. The Morgan fingerprint density at radius 2 is 1.79 bits per heavy atom. The number of benzene rings is 2. The number of anilines is 1. The molecule has 0 bridgehead atoms. The molecular formula is C19H20BrN3O5. The molecule has 0 atom stereocenters. The van der Waals surface area contributed by atoms with E-state index in [1.54, 1.807) is 37.4 Å². The van der Waals surface area contributed by atoms with Gasteiger partial charge in [-0.3, -0.25) is 9.59 Å². The Kier molecular flexibility index (Phi) is 7.82. The number of halogens is 1. The second kappa shape index (κ2) is 10.3. The van der Waals surface area contributed by atoms with Crippen molar-refractivity contribution in [1.29, 1.82) is 0 Å². The number of carbonyl (C=O) groups is 2. The average molecular weight is 450 g/mol. The molecule has 0 saturated carbocycles. The van der Waals surface area contributed by atoms with E-state index in [9.17, 15) is 14.7 Å². The molecule has 0 radical (unpaired) electrons. The van der Waals surface area contributed by atoms with Crippen LogP contribution in [0.3, 0.4) is 0 Å². The Balaban J connectivity index is 1.79. The zero-order chi connectivity index (χ0) is 20.5. The molecule has 28 heavy (non-hydrogen) atoms. The summed E-state index contributed by atoms with van der Waals surface area (Å²) in [6.07, 6.45) is 1.37. The largest absolute Gasteiger partial charge is 0.504 e. The number of ether oxygens (including phenoxy) is 2. The van der Waals surface area contributed by atoms with E-state index in [2.05, 4.69) is 31.8 Å². The second-order valence-corrected chi connectivity index (χ2v) is 6.48. The molecule has 0 saturated heterocycles. The van der Waals surface area contributed by atoms with Crippen molar-refractivity contribution < 1.29 is 24.2 Å². The molecule has 0 spiro atoms. The van der Waals surface area contributed by atoms with Gasteiger partial charge in [0.15, 0.2) is 11.5 Å². The third-order valence-electron chi connectivity index (χ3n) is 3.61. The predicted molar refractivity (Wildman–Crippen MR) is 109 cm³/mol. The highest BCUT2D eigenvalue weighted by molar-refractivity contribution is 9.10. The summed E-state index contributed by atoms with van der Waals surface area (Å²) in [7, 11) is 3.00. The SMILES string of the molecule is COc1ccc(NC(=O)CCC(=O)N/N=C/c2cc(O)c(OC)c(Br)c2)cc1. The van der Waals surface area contributed by atoms with Crippen LogP contribution in [-0.2, 0) is 9.59 Å². The number of hydrazone groups is 1. The first-order valence-electron chi connectivity index (χ1n) is 8.25. The van der Waals surface area contributed by atoms with E-state index in [1.807, 2.05) is 0 Å². The molecule has 0 aliphatic carbocycles. The van der Waals surface area contributed by atoms with Crippen molar-refractivity contribution in [2.45, 2.75) is 12.8 Å². The first kappa shape index (κ1) is 21.2. The van der Waals surface area contributed by atoms with Crippen LogP contribution >= 0.6 is 15.9 Å². The fraction of sp³-hybridized carbons (Fsp3) is 0.211. The summed E-state index contributed by atoms with van der Waals surface area (Å²) < 4.78 is 10.6. The van der Waals surface area contributed by atoms with E-state index >= 15 is 0 Å². The van der Waals surface area contributed by atoms with Crippen LogP contribution in [0.5, 0.6) is 17.2 Å². The number of rotatable bonds is 8. The molecule has 0 heterocycles. The summed E-state index contributed by atoms with van der Waals surface area (Å²) in [6, 6.07) is 10.0. The van der Waals surface area contributed by atoms with Crippen molar-refractivity contribution in [2.75, 3.05) is 19.5 Å². The molecule has 0 fully saturated rings. The fourth-order valence-corrected chi connectivity index (χ4v) is 2.86. The number of nitrogens with zero attached hydrogens (tertiary/aromatic N) is 1. The van der Waals surface area contributed by atoms with Crippen molar-refractivity contribution in [1.82, 2.24) is 5.43 Å². The number of aromatic hydroxyl groups is 1. The van der Waals surface area contributed by atoms with Crippen molar-refractivity contribution in [3.63, 3.8) is 0 Å². The highest BCUT2D eigenvalue weighted by Crippen LogP contribution is 2.34. The maximum atomic E-state index is 11.9. The van der Waals surface area contributed by atoms with Crippen LogP contribution < -0.4 is 20.2 Å². The lowest BCUT2D eigenvalue weighted by atomic mass is 10.2. The first-order chi connectivity index (χ1) is 13.4. The maximum Gasteiger partial charge on any atom is 0.240 e. The zero-order valence-corrected chi connectivity index (χ0v) is 16.9. The number of nitrogens with one attached hydrogen (secondary N) is 2. The molecule has 0 aliphatic rings. The van der Waals surface area contributed by atoms with Gasteiger partial charge in [-0.15, -0.1) is 0 Å². The minimum atomic E-state index is -0.405. The van der Waals surface area contributed by atoms with E-state index < -0.39 is 5.91 Å². The fourth-order valence-electron chi connectivity index (χ4n) is 2.24. The molecule has 3 N–H and O–H groups in total. The molecule has 2 amide bonds. The molecule has 0 unspecified atom stereocenters. The number of carbonyl (C=O) groups excluding carboxylic acids is 2. The molecule has 8 nitrogen and oxygen atoms in total. The van der Waals surface area contributed by atoms with Gasteiger partial charge in [-0.25, -0.2) is 5.43 Å². The Hall–Kier alpha value is -3.07. The van der Waals surface area contributed by atoms with Gasteiger partial charge in [0.2, 0.25) is 11.8 Å². The summed E-state index contributed by atoms with van der Waals surface area (Å²) in [5.74, 6) is 0.252. The summed E-state index contributed by atoms with van der Waals surface area (Å²) in [6.45, 7) is 0.